The highest BCUT2D eigenvalue weighted by atomic mass is 16.1. The fourth-order valence-electron chi connectivity index (χ4n) is 1.73. The van der Waals surface area contributed by atoms with E-state index >= 15 is 0 Å². The fourth-order valence-corrected chi connectivity index (χ4v) is 1.73. The van der Waals surface area contributed by atoms with Gasteiger partial charge in [-0.05, 0) is 18.4 Å². The Balaban J connectivity index is 2.19. The number of nitrogens with one attached hydrogen (secondary N) is 2. The molecule has 0 unspecified atom stereocenters. The molecule has 1 aromatic rings. The summed E-state index contributed by atoms with van der Waals surface area (Å²) >= 11 is 0. The summed E-state index contributed by atoms with van der Waals surface area (Å²) < 4.78 is 1.89. The van der Waals surface area contributed by atoms with Gasteiger partial charge in [0.15, 0.2) is 0 Å². The van der Waals surface area contributed by atoms with Gasteiger partial charge in [0.05, 0.1) is 11.4 Å². The smallest absolute Gasteiger partial charge is 0.221 e. The van der Waals surface area contributed by atoms with Gasteiger partial charge in [0.25, 0.3) is 0 Å². The molecule has 0 fully saturated rings. The third kappa shape index (κ3) is 5.87. The van der Waals surface area contributed by atoms with Crippen molar-refractivity contribution < 1.29 is 4.79 Å². The SMILES string of the molecule is CCc1cc(CNCCC(=O)NCC(C)C)n(C)n1. The molecule has 0 spiro atoms. The lowest BCUT2D eigenvalue weighted by molar-refractivity contribution is -0.121. The highest BCUT2D eigenvalue weighted by Gasteiger charge is 2.04. The summed E-state index contributed by atoms with van der Waals surface area (Å²) in [4.78, 5) is 11.5. The molecule has 0 aromatic carbocycles. The van der Waals surface area contributed by atoms with Gasteiger partial charge in [-0.15, -0.1) is 0 Å². The first-order valence-electron chi connectivity index (χ1n) is 7.02. The quantitative estimate of drug-likeness (QED) is 0.696. The molecule has 0 atom stereocenters. The predicted octanol–water partition coefficient (Wildman–Crippen LogP) is 1.23. The van der Waals surface area contributed by atoms with Crippen LogP contribution in [0.1, 0.15) is 38.6 Å². The number of amides is 1. The Morgan fingerprint density at radius 2 is 2.21 bits per heavy atom. The van der Waals surface area contributed by atoms with Gasteiger partial charge < -0.3 is 10.6 Å². The Bertz CT molecular complexity index is 398. The van der Waals surface area contributed by atoms with Gasteiger partial charge in [0.1, 0.15) is 0 Å². The van der Waals surface area contributed by atoms with Crippen LogP contribution in [0.3, 0.4) is 0 Å². The van der Waals surface area contributed by atoms with Crippen LogP contribution in [0.5, 0.6) is 0 Å². The van der Waals surface area contributed by atoms with Crippen LogP contribution in [-0.2, 0) is 24.8 Å². The minimum absolute atomic E-state index is 0.112. The topological polar surface area (TPSA) is 59.0 Å². The number of aromatic nitrogens is 2. The van der Waals surface area contributed by atoms with Crippen molar-refractivity contribution in [3.8, 4) is 0 Å². The molecule has 1 aromatic heterocycles. The third-order valence-electron chi connectivity index (χ3n) is 2.93. The van der Waals surface area contributed by atoms with Crippen molar-refractivity contribution in [3.05, 3.63) is 17.5 Å². The highest BCUT2D eigenvalue weighted by molar-refractivity contribution is 5.76. The normalized spacial score (nSPS) is 11.0. The molecule has 1 rings (SSSR count). The maximum Gasteiger partial charge on any atom is 0.221 e. The molecule has 0 bridgehead atoms. The Morgan fingerprint density at radius 1 is 1.47 bits per heavy atom. The summed E-state index contributed by atoms with van der Waals surface area (Å²) in [5, 5.41) is 10.6. The number of carbonyl (C=O) groups excluding carboxylic acids is 1. The Morgan fingerprint density at radius 3 is 2.79 bits per heavy atom. The maximum absolute atomic E-state index is 11.5. The van der Waals surface area contributed by atoms with Crippen LogP contribution < -0.4 is 10.6 Å². The van der Waals surface area contributed by atoms with E-state index in [1.165, 1.54) is 0 Å². The molecule has 0 saturated carbocycles. The summed E-state index contributed by atoms with van der Waals surface area (Å²) in [6.07, 6.45) is 1.47. The van der Waals surface area contributed by atoms with E-state index in [4.69, 9.17) is 0 Å². The number of carbonyl (C=O) groups is 1. The monoisotopic (exact) mass is 266 g/mol. The summed E-state index contributed by atoms with van der Waals surface area (Å²) in [5.74, 6) is 0.610. The van der Waals surface area contributed by atoms with Crippen LogP contribution in [0.15, 0.2) is 6.07 Å². The van der Waals surface area contributed by atoms with Gasteiger partial charge in [-0.1, -0.05) is 20.8 Å². The molecular weight excluding hydrogens is 240 g/mol. The largest absolute Gasteiger partial charge is 0.356 e. The van der Waals surface area contributed by atoms with Gasteiger partial charge in [-0.25, -0.2) is 0 Å². The average molecular weight is 266 g/mol. The zero-order valence-electron chi connectivity index (χ0n) is 12.5. The minimum Gasteiger partial charge on any atom is -0.356 e. The fraction of sp³-hybridized carbons (Fsp3) is 0.714. The third-order valence-corrected chi connectivity index (χ3v) is 2.93. The summed E-state index contributed by atoms with van der Waals surface area (Å²) in [6.45, 7) is 8.47. The minimum atomic E-state index is 0.112. The van der Waals surface area contributed by atoms with Gasteiger partial charge in [0, 0.05) is 33.1 Å². The predicted molar refractivity (Wildman–Crippen MR) is 76.8 cm³/mol. The molecule has 2 N–H and O–H groups in total. The van der Waals surface area contributed by atoms with Crippen LogP contribution in [0.25, 0.3) is 0 Å². The van der Waals surface area contributed by atoms with Crippen molar-refractivity contribution in [2.24, 2.45) is 13.0 Å². The molecule has 1 heterocycles. The first-order chi connectivity index (χ1) is 9.02. The van der Waals surface area contributed by atoms with E-state index in [0.717, 1.165) is 30.9 Å². The van der Waals surface area contributed by atoms with E-state index in [-0.39, 0.29) is 5.91 Å². The highest BCUT2D eigenvalue weighted by Crippen LogP contribution is 2.03. The van der Waals surface area contributed by atoms with Gasteiger partial charge >= 0.3 is 0 Å². The van der Waals surface area contributed by atoms with E-state index in [2.05, 4.69) is 42.6 Å². The second kappa shape index (κ2) is 7.94. The molecular formula is C14H26N4O. The van der Waals surface area contributed by atoms with E-state index in [1.807, 2.05) is 11.7 Å². The van der Waals surface area contributed by atoms with Crippen molar-refractivity contribution in [1.82, 2.24) is 20.4 Å². The number of aryl methyl sites for hydroxylation is 2. The molecule has 0 radical (unpaired) electrons. The zero-order valence-corrected chi connectivity index (χ0v) is 12.5. The van der Waals surface area contributed by atoms with E-state index in [1.54, 1.807) is 0 Å². The van der Waals surface area contributed by atoms with Crippen LogP contribution in [0.2, 0.25) is 0 Å². The molecule has 0 saturated heterocycles. The van der Waals surface area contributed by atoms with Crippen LogP contribution in [-0.4, -0.2) is 28.8 Å². The van der Waals surface area contributed by atoms with Gasteiger partial charge in [-0.2, -0.15) is 5.10 Å². The lowest BCUT2D eigenvalue weighted by Crippen LogP contribution is -2.30. The van der Waals surface area contributed by atoms with E-state index in [0.29, 0.717) is 18.9 Å². The Kier molecular flexibility index (Phi) is 6.56. The van der Waals surface area contributed by atoms with Crippen LogP contribution in [0, 0.1) is 5.92 Å². The lowest BCUT2D eigenvalue weighted by Gasteiger charge is -2.08. The molecule has 0 aliphatic heterocycles. The molecule has 0 aliphatic rings. The van der Waals surface area contributed by atoms with Crippen molar-refractivity contribution in [1.29, 1.82) is 0 Å². The molecule has 5 heteroatoms. The van der Waals surface area contributed by atoms with E-state index < -0.39 is 0 Å². The maximum atomic E-state index is 11.5. The number of hydrogen-bond acceptors (Lipinski definition) is 3. The van der Waals surface area contributed by atoms with Crippen molar-refractivity contribution >= 4 is 5.91 Å². The van der Waals surface area contributed by atoms with E-state index in [9.17, 15) is 4.79 Å². The van der Waals surface area contributed by atoms with Crippen LogP contribution in [0.4, 0.5) is 0 Å². The number of hydrogen-bond donors (Lipinski definition) is 2. The molecule has 0 aliphatic carbocycles. The zero-order chi connectivity index (χ0) is 14.3. The Hall–Kier alpha value is -1.36. The lowest BCUT2D eigenvalue weighted by atomic mass is 10.2. The van der Waals surface area contributed by atoms with Crippen molar-refractivity contribution in [2.45, 2.75) is 40.2 Å². The standard InChI is InChI=1S/C14H26N4O/c1-5-12-8-13(18(4)17-12)10-15-7-6-14(19)16-9-11(2)3/h8,11,15H,5-7,9-10H2,1-4H3,(H,16,19). The van der Waals surface area contributed by atoms with Crippen LogP contribution >= 0.6 is 0 Å². The molecule has 108 valence electrons. The van der Waals surface area contributed by atoms with Crippen molar-refractivity contribution in [2.75, 3.05) is 13.1 Å². The summed E-state index contributed by atoms with van der Waals surface area (Å²) in [7, 11) is 1.95. The first kappa shape index (κ1) is 15.7. The number of rotatable bonds is 8. The molecule has 19 heavy (non-hydrogen) atoms. The molecule has 5 nitrogen and oxygen atoms in total. The number of nitrogens with zero attached hydrogens (tertiary/aromatic N) is 2. The molecule has 1 amide bonds. The average Bonchev–Trinajstić information content (AvgIpc) is 2.73. The Labute approximate surface area is 115 Å². The second-order valence-corrected chi connectivity index (χ2v) is 5.23. The van der Waals surface area contributed by atoms with Gasteiger partial charge in [-0.3, -0.25) is 9.48 Å². The summed E-state index contributed by atoms with van der Waals surface area (Å²) in [6, 6.07) is 2.10. The van der Waals surface area contributed by atoms with Gasteiger partial charge in [0.2, 0.25) is 5.91 Å². The summed E-state index contributed by atoms with van der Waals surface area (Å²) in [5.41, 5.74) is 2.26. The van der Waals surface area contributed by atoms with Crippen molar-refractivity contribution in [3.63, 3.8) is 0 Å². The first-order valence-corrected chi connectivity index (χ1v) is 7.02. The second-order valence-electron chi connectivity index (χ2n) is 5.23.